The molecule has 0 amide bonds. The Labute approximate surface area is 98.8 Å². The van der Waals surface area contributed by atoms with Crippen LogP contribution in [-0.2, 0) is 12.8 Å². The number of aliphatic hydroxyl groups is 1. The Morgan fingerprint density at radius 3 is 2.94 bits per heavy atom. The van der Waals surface area contributed by atoms with Gasteiger partial charge in [0, 0.05) is 30.3 Å². The Hall–Kier alpha value is -1.26. The zero-order chi connectivity index (χ0) is 11.2. The minimum absolute atomic E-state index is 0.229. The monoisotopic (exact) mass is 234 g/mol. The second-order valence-corrected chi connectivity index (χ2v) is 4.50. The van der Waals surface area contributed by atoms with Gasteiger partial charge in [0.2, 0.25) is 0 Å². The molecule has 0 atom stereocenters. The van der Waals surface area contributed by atoms with Crippen LogP contribution in [0.4, 0.5) is 0 Å². The first-order valence-electron chi connectivity index (χ1n) is 5.32. The van der Waals surface area contributed by atoms with Gasteiger partial charge < -0.3 is 5.11 Å². The molecule has 0 unspecified atom stereocenters. The zero-order valence-electron chi connectivity index (χ0n) is 8.97. The van der Waals surface area contributed by atoms with E-state index in [0.29, 0.717) is 0 Å². The summed E-state index contributed by atoms with van der Waals surface area (Å²) in [5.74, 6) is 0. The third kappa shape index (κ3) is 3.12. The molecule has 16 heavy (non-hydrogen) atoms. The molecule has 0 saturated carbocycles. The highest BCUT2D eigenvalue weighted by atomic mass is 32.1. The van der Waals surface area contributed by atoms with Gasteiger partial charge in [-0.3, -0.25) is 4.98 Å². The van der Waals surface area contributed by atoms with Crippen molar-refractivity contribution in [2.45, 2.75) is 19.3 Å². The van der Waals surface area contributed by atoms with E-state index in [9.17, 15) is 0 Å². The molecule has 0 bridgehead atoms. The minimum Gasteiger partial charge on any atom is -0.396 e. The van der Waals surface area contributed by atoms with Gasteiger partial charge in [0.15, 0.2) is 0 Å². The highest BCUT2D eigenvalue weighted by Gasteiger charge is 2.03. The molecule has 2 aromatic rings. The van der Waals surface area contributed by atoms with Crippen molar-refractivity contribution < 1.29 is 5.11 Å². The average Bonchev–Trinajstić information content (AvgIpc) is 2.75. The van der Waals surface area contributed by atoms with Gasteiger partial charge in [-0.2, -0.15) is 0 Å². The van der Waals surface area contributed by atoms with E-state index in [1.165, 1.54) is 0 Å². The molecule has 2 aromatic heterocycles. The molecule has 0 saturated heterocycles. The Morgan fingerprint density at radius 2 is 2.19 bits per heavy atom. The van der Waals surface area contributed by atoms with Crippen LogP contribution in [0.1, 0.15) is 22.8 Å². The predicted octanol–water partition coefficient (Wildman–Crippen LogP) is 2.05. The van der Waals surface area contributed by atoms with Crippen LogP contribution in [0, 0.1) is 0 Å². The first kappa shape index (κ1) is 11.2. The van der Waals surface area contributed by atoms with Crippen LogP contribution in [0.5, 0.6) is 0 Å². The number of aliphatic hydroxyl groups excluding tert-OH is 1. The molecule has 0 aliphatic heterocycles. The van der Waals surface area contributed by atoms with Crippen molar-refractivity contribution in [1.29, 1.82) is 0 Å². The van der Waals surface area contributed by atoms with Crippen molar-refractivity contribution in [3.63, 3.8) is 0 Å². The van der Waals surface area contributed by atoms with Crippen molar-refractivity contribution in [2.75, 3.05) is 6.61 Å². The van der Waals surface area contributed by atoms with E-state index >= 15 is 0 Å². The van der Waals surface area contributed by atoms with E-state index in [2.05, 4.69) is 15.3 Å². The minimum atomic E-state index is 0.229. The second kappa shape index (κ2) is 5.72. The lowest BCUT2D eigenvalue weighted by Crippen LogP contribution is -1.93. The maximum absolute atomic E-state index is 8.74. The third-order valence-corrected chi connectivity index (χ3v) is 3.15. The van der Waals surface area contributed by atoms with Gasteiger partial charge in [-0.1, -0.05) is 6.07 Å². The molecule has 0 radical (unpaired) electrons. The number of hydrogen-bond donors (Lipinski definition) is 1. The summed E-state index contributed by atoms with van der Waals surface area (Å²) < 4.78 is 0. The average molecular weight is 234 g/mol. The van der Waals surface area contributed by atoms with E-state index in [0.717, 1.165) is 35.7 Å². The zero-order valence-corrected chi connectivity index (χ0v) is 9.78. The van der Waals surface area contributed by atoms with Crippen molar-refractivity contribution >= 4 is 11.3 Å². The number of nitrogens with zero attached hydrogens (tertiary/aromatic N) is 2. The third-order valence-electron chi connectivity index (χ3n) is 2.25. The summed E-state index contributed by atoms with van der Waals surface area (Å²) in [5, 5.41) is 11.9. The fraction of sp³-hybridized carbons (Fsp3) is 0.333. The van der Waals surface area contributed by atoms with Crippen LogP contribution >= 0.6 is 11.3 Å². The molecule has 0 aromatic carbocycles. The van der Waals surface area contributed by atoms with E-state index in [-0.39, 0.29) is 6.61 Å². The topological polar surface area (TPSA) is 46.0 Å². The van der Waals surface area contributed by atoms with Crippen molar-refractivity contribution in [3.05, 3.63) is 46.2 Å². The Balaban J connectivity index is 1.97. The Morgan fingerprint density at radius 1 is 1.25 bits per heavy atom. The fourth-order valence-electron chi connectivity index (χ4n) is 1.46. The predicted molar refractivity (Wildman–Crippen MR) is 64.6 cm³/mol. The first-order valence-corrected chi connectivity index (χ1v) is 6.20. The standard InChI is InChI=1S/C12H14N2OS/c15-7-3-5-11-9-16-12(14-11)8-10-4-1-2-6-13-10/h1-2,4,6,9,15H,3,5,7-8H2. The van der Waals surface area contributed by atoms with E-state index in [1.54, 1.807) is 17.5 Å². The van der Waals surface area contributed by atoms with Gasteiger partial charge >= 0.3 is 0 Å². The number of hydrogen-bond acceptors (Lipinski definition) is 4. The molecule has 2 heterocycles. The fourth-order valence-corrected chi connectivity index (χ4v) is 2.31. The quantitative estimate of drug-likeness (QED) is 0.861. The summed E-state index contributed by atoms with van der Waals surface area (Å²) in [6.45, 7) is 0.229. The second-order valence-electron chi connectivity index (χ2n) is 3.56. The summed E-state index contributed by atoms with van der Waals surface area (Å²) in [6, 6.07) is 5.91. The number of aromatic nitrogens is 2. The van der Waals surface area contributed by atoms with Gasteiger partial charge in [-0.25, -0.2) is 4.98 Å². The lowest BCUT2D eigenvalue weighted by atomic mass is 10.2. The smallest absolute Gasteiger partial charge is 0.0988 e. The van der Waals surface area contributed by atoms with Crippen LogP contribution in [-0.4, -0.2) is 21.7 Å². The maximum Gasteiger partial charge on any atom is 0.0988 e. The Kier molecular flexibility index (Phi) is 4.02. The highest BCUT2D eigenvalue weighted by Crippen LogP contribution is 2.14. The van der Waals surface area contributed by atoms with E-state index in [1.807, 2.05) is 18.2 Å². The van der Waals surface area contributed by atoms with Crippen molar-refractivity contribution in [3.8, 4) is 0 Å². The summed E-state index contributed by atoms with van der Waals surface area (Å²) >= 11 is 1.66. The summed E-state index contributed by atoms with van der Waals surface area (Å²) in [5.41, 5.74) is 2.12. The highest BCUT2D eigenvalue weighted by molar-refractivity contribution is 7.09. The maximum atomic E-state index is 8.74. The van der Waals surface area contributed by atoms with Gasteiger partial charge in [0.1, 0.15) is 0 Å². The first-order chi connectivity index (χ1) is 7.88. The molecule has 4 heteroatoms. The molecule has 2 rings (SSSR count). The molecule has 84 valence electrons. The molecule has 0 aliphatic rings. The normalized spacial score (nSPS) is 10.6. The lowest BCUT2D eigenvalue weighted by Gasteiger charge is -1.95. The number of rotatable bonds is 5. The van der Waals surface area contributed by atoms with Crippen molar-refractivity contribution in [1.82, 2.24) is 9.97 Å². The molecule has 0 spiro atoms. The van der Waals surface area contributed by atoms with Gasteiger partial charge in [0.25, 0.3) is 0 Å². The summed E-state index contributed by atoms with van der Waals surface area (Å²) in [7, 11) is 0. The van der Waals surface area contributed by atoms with Crippen LogP contribution in [0.3, 0.4) is 0 Å². The number of pyridine rings is 1. The molecule has 3 nitrogen and oxygen atoms in total. The van der Waals surface area contributed by atoms with Gasteiger partial charge in [-0.15, -0.1) is 11.3 Å². The van der Waals surface area contributed by atoms with Crippen LogP contribution in [0.15, 0.2) is 29.8 Å². The summed E-state index contributed by atoms with van der Waals surface area (Å²) in [4.78, 5) is 8.78. The summed E-state index contributed by atoms with van der Waals surface area (Å²) in [6.07, 6.45) is 4.24. The van der Waals surface area contributed by atoms with Gasteiger partial charge in [0.05, 0.1) is 10.7 Å². The molecule has 0 aliphatic carbocycles. The molecular weight excluding hydrogens is 220 g/mol. The number of thiazole rings is 1. The molecular formula is C12H14N2OS. The Bertz CT molecular complexity index is 428. The molecule has 0 fully saturated rings. The van der Waals surface area contributed by atoms with Gasteiger partial charge in [-0.05, 0) is 25.0 Å². The largest absolute Gasteiger partial charge is 0.396 e. The van der Waals surface area contributed by atoms with Crippen LogP contribution < -0.4 is 0 Å². The van der Waals surface area contributed by atoms with Crippen molar-refractivity contribution in [2.24, 2.45) is 0 Å². The van der Waals surface area contributed by atoms with E-state index in [4.69, 9.17) is 5.11 Å². The van der Waals surface area contributed by atoms with E-state index < -0.39 is 0 Å². The molecule has 1 N–H and O–H groups in total. The number of aryl methyl sites for hydroxylation is 1. The van der Waals surface area contributed by atoms with Crippen LogP contribution in [0.2, 0.25) is 0 Å². The van der Waals surface area contributed by atoms with Crippen LogP contribution in [0.25, 0.3) is 0 Å². The lowest BCUT2D eigenvalue weighted by molar-refractivity contribution is 0.288. The SMILES string of the molecule is OCCCc1csc(Cc2ccccn2)n1.